The molecular weight excluding hydrogens is 476 g/mol. The molecule has 5 rings (SSSR count). The van der Waals surface area contributed by atoms with Crippen molar-refractivity contribution >= 4 is 21.8 Å². The number of piperazine rings is 2. The highest BCUT2D eigenvalue weighted by Gasteiger charge is 2.46. The minimum absolute atomic E-state index is 0.0192. The van der Waals surface area contributed by atoms with Crippen LogP contribution in [0.25, 0.3) is 0 Å². The zero-order valence-electron chi connectivity index (χ0n) is 20.8. The summed E-state index contributed by atoms with van der Waals surface area (Å²) >= 11 is 0. The maximum Gasteiger partial charge on any atom is 0.246 e. The number of rotatable bonds is 6. The molecule has 8 nitrogen and oxygen atoms in total. The average molecular weight is 511 g/mol. The summed E-state index contributed by atoms with van der Waals surface area (Å²) in [6, 6.07) is 13.7. The first kappa shape index (κ1) is 24.9. The van der Waals surface area contributed by atoms with Crippen molar-refractivity contribution in [3.05, 3.63) is 65.2 Å². The summed E-state index contributed by atoms with van der Waals surface area (Å²) in [5, 5.41) is 6.21. The number of carbonyl (C=O) groups is 2. The van der Waals surface area contributed by atoms with Crippen molar-refractivity contribution in [2.75, 3.05) is 26.2 Å². The quantitative estimate of drug-likeness (QED) is 0.615. The predicted molar refractivity (Wildman–Crippen MR) is 137 cm³/mol. The maximum absolute atomic E-state index is 13.9. The van der Waals surface area contributed by atoms with Gasteiger partial charge in [-0.1, -0.05) is 56.3 Å². The van der Waals surface area contributed by atoms with Crippen molar-refractivity contribution in [1.29, 1.82) is 0 Å². The molecule has 192 valence electrons. The Morgan fingerprint density at radius 3 is 2.19 bits per heavy atom. The van der Waals surface area contributed by atoms with E-state index < -0.39 is 22.1 Å². The number of amides is 2. The highest BCUT2D eigenvalue weighted by molar-refractivity contribution is 7.89. The van der Waals surface area contributed by atoms with Crippen LogP contribution >= 0.6 is 0 Å². The van der Waals surface area contributed by atoms with Gasteiger partial charge in [-0.25, -0.2) is 8.42 Å². The van der Waals surface area contributed by atoms with Crippen molar-refractivity contribution < 1.29 is 18.0 Å². The zero-order valence-corrected chi connectivity index (χ0v) is 21.6. The Balaban J connectivity index is 1.45. The lowest BCUT2D eigenvalue weighted by Gasteiger charge is -2.42. The molecule has 2 aromatic rings. The van der Waals surface area contributed by atoms with Crippen LogP contribution in [0.1, 0.15) is 30.5 Å². The first-order valence-electron chi connectivity index (χ1n) is 12.7. The van der Waals surface area contributed by atoms with E-state index in [1.165, 1.54) is 15.4 Å². The Labute approximate surface area is 213 Å². The average Bonchev–Trinajstić information content (AvgIpc) is 3.30. The number of hydrogen-bond acceptors (Lipinski definition) is 5. The monoisotopic (exact) mass is 510 g/mol. The summed E-state index contributed by atoms with van der Waals surface area (Å²) in [5.41, 5.74) is 2.97. The molecule has 0 bridgehead atoms. The second-order valence-electron chi connectivity index (χ2n) is 10.3. The third-order valence-corrected chi connectivity index (χ3v) is 9.64. The van der Waals surface area contributed by atoms with E-state index in [4.69, 9.17) is 0 Å². The van der Waals surface area contributed by atoms with E-state index in [-0.39, 0.29) is 35.1 Å². The molecule has 2 atom stereocenters. The first-order valence-corrected chi connectivity index (χ1v) is 14.2. The van der Waals surface area contributed by atoms with Gasteiger partial charge in [0.1, 0.15) is 12.1 Å². The molecule has 0 spiro atoms. The third-order valence-electron chi connectivity index (χ3n) is 7.64. The Hall–Kier alpha value is -2.75. The fourth-order valence-corrected chi connectivity index (χ4v) is 7.49. The second kappa shape index (κ2) is 9.95. The number of nitrogens with zero attached hydrogens (tertiary/aromatic N) is 2. The van der Waals surface area contributed by atoms with E-state index in [1.807, 2.05) is 26.0 Å². The van der Waals surface area contributed by atoms with E-state index in [0.29, 0.717) is 31.7 Å². The van der Waals surface area contributed by atoms with Crippen molar-refractivity contribution in [3.63, 3.8) is 0 Å². The van der Waals surface area contributed by atoms with Crippen LogP contribution in [0.5, 0.6) is 0 Å². The second-order valence-corrected chi connectivity index (χ2v) is 12.2. The molecule has 0 unspecified atom stereocenters. The molecule has 0 saturated carbocycles. The molecule has 2 heterocycles. The van der Waals surface area contributed by atoms with Crippen molar-refractivity contribution in [3.8, 4) is 0 Å². The van der Waals surface area contributed by atoms with Gasteiger partial charge in [-0.05, 0) is 47.4 Å². The summed E-state index contributed by atoms with van der Waals surface area (Å²) in [6.07, 6.45) is 1.47. The predicted octanol–water partition coefficient (Wildman–Crippen LogP) is 1.55. The minimum Gasteiger partial charge on any atom is -0.342 e. The molecule has 9 heteroatoms. The van der Waals surface area contributed by atoms with Gasteiger partial charge >= 0.3 is 0 Å². The number of carbonyl (C=O) groups excluding carboxylic acids is 2. The normalized spacial score (nSPS) is 23.7. The first-order chi connectivity index (χ1) is 17.3. The molecule has 1 aliphatic carbocycles. The standard InChI is InChI=1S/C27H34N4O4S/c1-18(2)25-26(32)29-24(22-15-19-7-3-4-8-20(19)16-22)27(33)31(25)17-21-9-5-6-10-23(21)36(34,35)30-13-11-28-12-14-30/h3-10,18,22,24-25,28H,11-17H2,1-2H3,(H,29,32)/t24-,25-/m1/s1. The zero-order chi connectivity index (χ0) is 25.4. The van der Waals surface area contributed by atoms with E-state index in [9.17, 15) is 18.0 Å². The van der Waals surface area contributed by atoms with Crippen LogP contribution in [0, 0.1) is 11.8 Å². The van der Waals surface area contributed by atoms with Crippen molar-refractivity contribution in [1.82, 2.24) is 19.8 Å². The number of sulfonamides is 1. The molecule has 2 aromatic carbocycles. The molecule has 2 fully saturated rings. The van der Waals surface area contributed by atoms with Gasteiger partial charge in [0.2, 0.25) is 21.8 Å². The molecule has 0 aromatic heterocycles. The number of fused-ring (bicyclic) bond motifs is 1. The summed E-state index contributed by atoms with van der Waals surface area (Å²) < 4.78 is 28.5. The lowest BCUT2D eigenvalue weighted by Crippen LogP contribution is -2.66. The van der Waals surface area contributed by atoms with E-state index in [0.717, 1.165) is 12.8 Å². The van der Waals surface area contributed by atoms with Crippen LogP contribution in [-0.4, -0.2) is 67.7 Å². The van der Waals surface area contributed by atoms with Gasteiger partial charge in [-0.15, -0.1) is 0 Å². The highest BCUT2D eigenvalue weighted by Crippen LogP contribution is 2.33. The Morgan fingerprint density at radius 1 is 0.944 bits per heavy atom. The lowest BCUT2D eigenvalue weighted by molar-refractivity contribution is -0.153. The number of hydrogen-bond donors (Lipinski definition) is 2. The van der Waals surface area contributed by atoms with Crippen molar-refractivity contribution in [2.24, 2.45) is 11.8 Å². The van der Waals surface area contributed by atoms with Gasteiger partial charge in [-0.3, -0.25) is 9.59 Å². The van der Waals surface area contributed by atoms with Crippen LogP contribution in [0.3, 0.4) is 0 Å². The van der Waals surface area contributed by atoms with Crippen LogP contribution in [-0.2, 0) is 39.0 Å². The van der Waals surface area contributed by atoms with Gasteiger partial charge in [0.25, 0.3) is 0 Å². The fraction of sp³-hybridized carbons (Fsp3) is 0.481. The molecule has 0 radical (unpaired) electrons. The Kier molecular flexibility index (Phi) is 6.89. The van der Waals surface area contributed by atoms with E-state index >= 15 is 0 Å². The molecule has 2 saturated heterocycles. The van der Waals surface area contributed by atoms with Crippen LogP contribution < -0.4 is 10.6 Å². The van der Waals surface area contributed by atoms with Crippen molar-refractivity contribution in [2.45, 2.75) is 50.2 Å². The molecule has 36 heavy (non-hydrogen) atoms. The van der Waals surface area contributed by atoms with Crippen LogP contribution in [0.15, 0.2) is 53.4 Å². The summed E-state index contributed by atoms with van der Waals surface area (Å²) in [4.78, 5) is 29.1. The number of nitrogens with one attached hydrogen (secondary N) is 2. The third kappa shape index (κ3) is 4.55. The highest BCUT2D eigenvalue weighted by atomic mass is 32.2. The Bertz CT molecular complexity index is 1230. The largest absolute Gasteiger partial charge is 0.342 e. The minimum atomic E-state index is -3.72. The summed E-state index contributed by atoms with van der Waals surface area (Å²) in [5.74, 6) is -0.449. The number of benzene rings is 2. The van der Waals surface area contributed by atoms with Gasteiger partial charge in [0.05, 0.1) is 4.90 Å². The molecule has 3 aliphatic rings. The van der Waals surface area contributed by atoms with Crippen LogP contribution in [0.2, 0.25) is 0 Å². The lowest BCUT2D eigenvalue weighted by atomic mass is 9.89. The molecular formula is C27H34N4O4S. The van der Waals surface area contributed by atoms with E-state index in [1.54, 1.807) is 29.2 Å². The maximum atomic E-state index is 13.9. The van der Waals surface area contributed by atoms with Gasteiger partial charge in [0, 0.05) is 32.7 Å². The topological polar surface area (TPSA) is 98.8 Å². The van der Waals surface area contributed by atoms with Gasteiger partial charge in [-0.2, -0.15) is 4.31 Å². The summed E-state index contributed by atoms with van der Waals surface area (Å²) in [6.45, 7) is 5.92. The fourth-order valence-electron chi connectivity index (χ4n) is 5.84. The molecule has 2 N–H and O–H groups in total. The van der Waals surface area contributed by atoms with Crippen LogP contribution in [0.4, 0.5) is 0 Å². The Morgan fingerprint density at radius 2 is 1.56 bits per heavy atom. The SMILES string of the molecule is CC(C)[C@@H]1C(=O)N[C@H](C2Cc3ccccc3C2)C(=O)N1Cc1ccccc1S(=O)(=O)N1CCNCC1. The molecule has 2 amide bonds. The smallest absolute Gasteiger partial charge is 0.246 e. The summed E-state index contributed by atoms with van der Waals surface area (Å²) in [7, 11) is -3.72. The van der Waals surface area contributed by atoms with E-state index in [2.05, 4.69) is 22.8 Å². The van der Waals surface area contributed by atoms with Gasteiger partial charge in [0.15, 0.2) is 0 Å². The molecule has 2 aliphatic heterocycles. The van der Waals surface area contributed by atoms with Gasteiger partial charge < -0.3 is 15.5 Å².